The van der Waals surface area contributed by atoms with Crippen molar-refractivity contribution in [1.29, 1.82) is 0 Å². The lowest BCUT2D eigenvalue weighted by molar-refractivity contribution is -0.139. The van der Waals surface area contributed by atoms with E-state index < -0.39 is 18.0 Å². The van der Waals surface area contributed by atoms with Crippen LogP contribution in [0.2, 0.25) is 0 Å². The van der Waals surface area contributed by atoms with E-state index in [2.05, 4.69) is 10.6 Å². The summed E-state index contributed by atoms with van der Waals surface area (Å²) in [5.74, 6) is -1.49. The number of carbonyl (C=O) groups excluding carboxylic acids is 2. The van der Waals surface area contributed by atoms with Crippen molar-refractivity contribution in [3.8, 4) is 0 Å². The van der Waals surface area contributed by atoms with Gasteiger partial charge in [-0.25, -0.2) is 9.59 Å². The number of carboxylic acids is 1. The monoisotopic (exact) mass is 299 g/mol. The second-order valence-electron chi connectivity index (χ2n) is 4.11. The second kappa shape index (κ2) is 8.16. The van der Waals surface area contributed by atoms with E-state index in [0.717, 1.165) is 0 Å². The van der Waals surface area contributed by atoms with Gasteiger partial charge in [0, 0.05) is 17.8 Å². The smallest absolute Gasteiger partial charge is 0.331 e. The summed E-state index contributed by atoms with van der Waals surface area (Å²) < 4.78 is 0. The number of nitrogens with two attached hydrogens (primary N) is 1. The summed E-state index contributed by atoms with van der Waals surface area (Å²) >= 11 is 1.26. The van der Waals surface area contributed by atoms with E-state index in [-0.39, 0.29) is 12.3 Å². The molecule has 5 N–H and O–H groups in total. The van der Waals surface area contributed by atoms with Crippen LogP contribution in [0.5, 0.6) is 0 Å². The number of nitrogens with one attached hydrogen (secondary N) is 2. The molecule has 1 heterocycles. The zero-order valence-electron chi connectivity index (χ0n) is 10.8. The second-order valence-corrected chi connectivity index (χ2v) is 5.09. The van der Waals surface area contributed by atoms with Crippen molar-refractivity contribution in [3.63, 3.8) is 0 Å². The Kier molecular flexibility index (Phi) is 6.51. The van der Waals surface area contributed by atoms with E-state index in [9.17, 15) is 14.4 Å². The Bertz CT molecular complexity index is 461. The van der Waals surface area contributed by atoms with Gasteiger partial charge in [-0.15, -0.1) is 11.3 Å². The number of rotatable bonds is 8. The molecule has 1 atom stereocenters. The van der Waals surface area contributed by atoms with Gasteiger partial charge in [-0.2, -0.15) is 0 Å². The molecular weight excluding hydrogens is 282 g/mol. The van der Waals surface area contributed by atoms with Crippen LogP contribution >= 0.6 is 11.3 Å². The molecule has 0 bridgehead atoms. The number of carboxylic acid groups (broad SMARTS) is 1. The minimum atomic E-state index is -1.11. The highest BCUT2D eigenvalue weighted by atomic mass is 32.1. The van der Waals surface area contributed by atoms with Gasteiger partial charge in [-0.1, -0.05) is 6.07 Å². The first kappa shape index (κ1) is 16.0. The molecule has 0 aliphatic rings. The first-order chi connectivity index (χ1) is 9.50. The Hall–Kier alpha value is -2.09. The van der Waals surface area contributed by atoms with Crippen LogP contribution in [0.15, 0.2) is 17.5 Å². The molecule has 0 aromatic carbocycles. The zero-order chi connectivity index (χ0) is 15.0. The molecule has 1 unspecified atom stereocenters. The van der Waals surface area contributed by atoms with Crippen LogP contribution in [0, 0.1) is 0 Å². The number of hydrogen-bond acceptors (Lipinski definition) is 4. The minimum Gasteiger partial charge on any atom is -0.479 e. The number of hydrogen-bond donors (Lipinski definition) is 4. The van der Waals surface area contributed by atoms with Crippen LogP contribution in [0.25, 0.3) is 0 Å². The maximum absolute atomic E-state index is 11.6. The maximum Gasteiger partial charge on any atom is 0.331 e. The fourth-order valence-corrected chi connectivity index (χ4v) is 2.29. The van der Waals surface area contributed by atoms with Crippen LogP contribution < -0.4 is 16.4 Å². The molecule has 0 aliphatic carbocycles. The predicted molar refractivity (Wildman–Crippen MR) is 74.3 cm³/mol. The van der Waals surface area contributed by atoms with Crippen molar-refractivity contribution in [3.05, 3.63) is 22.4 Å². The minimum absolute atomic E-state index is 0.274. The van der Waals surface area contributed by atoms with Crippen LogP contribution in [0.1, 0.15) is 30.2 Å². The standard InChI is InChI=1S/C12H17N3O4S/c13-9(16)5-1-2-6-14-12(19)15-10(11(17)18)8-4-3-7-20-8/h3-4,7,10H,1-2,5-6H2,(H2,13,16)(H,17,18)(H2,14,15,19). The normalized spacial score (nSPS) is 11.6. The zero-order valence-corrected chi connectivity index (χ0v) is 11.6. The van der Waals surface area contributed by atoms with Gasteiger partial charge in [0.2, 0.25) is 5.91 Å². The number of primary amides is 1. The summed E-state index contributed by atoms with van der Waals surface area (Å²) in [5, 5.41) is 15.8. The van der Waals surface area contributed by atoms with E-state index in [1.807, 2.05) is 0 Å². The Balaban J connectivity index is 2.33. The Morgan fingerprint density at radius 3 is 2.65 bits per heavy atom. The molecule has 1 aromatic heterocycles. The van der Waals surface area contributed by atoms with Crippen molar-refractivity contribution in [1.82, 2.24) is 10.6 Å². The summed E-state index contributed by atoms with van der Waals surface area (Å²) in [7, 11) is 0. The summed E-state index contributed by atoms with van der Waals surface area (Å²) in [6.45, 7) is 0.357. The fraction of sp³-hybridized carbons (Fsp3) is 0.417. The molecule has 1 aromatic rings. The lowest BCUT2D eigenvalue weighted by Crippen LogP contribution is -2.41. The molecule has 3 amide bonds. The molecule has 0 saturated carbocycles. The quantitative estimate of drug-likeness (QED) is 0.531. The van der Waals surface area contributed by atoms with Gasteiger partial charge < -0.3 is 21.5 Å². The van der Waals surface area contributed by atoms with Crippen molar-refractivity contribution in [2.75, 3.05) is 6.54 Å². The highest BCUT2D eigenvalue weighted by Crippen LogP contribution is 2.18. The average Bonchev–Trinajstić information content (AvgIpc) is 2.88. The largest absolute Gasteiger partial charge is 0.479 e. The molecular formula is C12H17N3O4S. The predicted octanol–water partition coefficient (Wildman–Crippen LogP) is 0.829. The van der Waals surface area contributed by atoms with Crippen LogP contribution in [0.4, 0.5) is 4.79 Å². The number of unbranched alkanes of at least 4 members (excludes halogenated alkanes) is 1. The highest BCUT2D eigenvalue weighted by molar-refractivity contribution is 7.10. The molecule has 8 heteroatoms. The Labute approximate surface area is 120 Å². The molecule has 110 valence electrons. The third kappa shape index (κ3) is 5.70. The van der Waals surface area contributed by atoms with E-state index in [0.29, 0.717) is 24.3 Å². The molecule has 0 spiro atoms. The molecule has 1 rings (SSSR count). The topological polar surface area (TPSA) is 122 Å². The van der Waals surface area contributed by atoms with E-state index >= 15 is 0 Å². The van der Waals surface area contributed by atoms with Crippen LogP contribution in [-0.2, 0) is 9.59 Å². The van der Waals surface area contributed by atoms with Gasteiger partial charge in [0.15, 0.2) is 6.04 Å². The maximum atomic E-state index is 11.6. The summed E-state index contributed by atoms with van der Waals surface area (Å²) in [6.07, 6.45) is 1.46. The molecule has 0 saturated heterocycles. The van der Waals surface area contributed by atoms with Crippen molar-refractivity contribution in [2.24, 2.45) is 5.73 Å². The Morgan fingerprint density at radius 1 is 1.35 bits per heavy atom. The summed E-state index contributed by atoms with van der Waals surface area (Å²) in [6, 6.07) is 1.76. The number of aliphatic carboxylic acids is 1. The molecule has 20 heavy (non-hydrogen) atoms. The number of thiophene rings is 1. The van der Waals surface area contributed by atoms with Gasteiger partial charge >= 0.3 is 12.0 Å². The van der Waals surface area contributed by atoms with E-state index in [1.54, 1.807) is 17.5 Å². The van der Waals surface area contributed by atoms with Gasteiger partial charge in [0.05, 0.1) is 0 Å². The summed E-state index contributed by atoms with van der Waals surface area (Å²) in [5.41, 5.74) is 4.99. The third-order valence-electron chi connectivity index (χ3n) is 2.49. The third-order valence-corrected chi connectivity index (χ3v) is 3.42. The SMILES string of the molecule is NC(=O)CCCCNC(=O)NC(C(=O)O)c1cccs1. The average molecular weight is 299 g/mol. The first-order valence-electron chi connectivity index (χ1n) is 6.09. The van der Waals surface area contributed by atoms with Crippen molar-refractivity contribution >= 4 is 29.2 Å². The first-order valence-corrected chi connectivity index (χ1v) is 6.97. The van der Waals surface area contributed by atoms with Crippen molar-refractivity contribution in [2.45, 2.75) is 25.3 Å². The van der Waals surface area contributed by atoms with Gasteiger partial charge in [0.1, 0.15) is 0 Å². The van der Waals surface area contributed by atoms with Gasteiger partial charge in [0.25, 0.3) is 0 Å². The molecule has 0 aliphatic heterocycles. The lowest BCUT2D eigenvalue weighted by atomic mass is 10.2. The molecule has 0 fully saturated rings. The fourth-order valence-electron chi connectivity index (χ4n) is 1.52. The molecule has 7 nitrogen and oxygen atoms in total. The highest BCUT2D eigenvalue weighted by Gasteiger charge is 2.22. The van der Waals surface area contributed by atoms with E-state index in [4.69, 9.17) is 10.8 Å². The van der Waals surface area contributed by atoms with Crippen LogP contribution in [0.3, 0.4) is 0 Å². The van der Waals surface area contributed by atoms with E-state index in [1.165, 1.54) is 11.3 Å². The lowest BCUT2D eigenvalue weighted by Gasteiger charge is -2.13. The van der Waals surface area contributed by atoms with Crippen molar-refractivity contribution < 1.29 is 19.5 Å². The number of urea groups is 1. The number of carbonyl (C=O) groups is 3. The van der Waals surface area contributed by atoms with Gasteiger partial charge in [-0.3, -0.25) is 4.79 Å². The summed E-state index contributed by atoms with van der Waals surface area (Å²) in [4.78, 5) is 33.7. The van der Waals surface area contributed by atoms with Gasteiger partial charge in [-0.05, 0) is 24.3 Å². The van der Waals surface area contributed by atoms with Crippen LogP contribution in [-0.4, -0.2) is 29.6 Å². The molecule has 0 radical (unpaired) electrons. The Morgan fingerprint density at radius 2 is 2.10 bits per heavy atom. The number of amides is 3.